The summed E-state index contributed by atoms with van der Waals surface area (Å²) in [4.78, 5) is 6.82. The summed E-state index contributed by atoms with van der Waals surface area (Å²) in [5.74, 6) is 1.06. The number of anilines is 1. The molecule has 0 saturated carbocycles. The lowest BCUT2D eigenvalue weighted by Gasteiger charge is -2.26. The van der Waals surface area contributed by atoms with Crippen molar-refractivity contribution in [2.45, 2.75) is 13.1 Å². The first kappa shape index (κ1) is 10.6. The van der Waals surface area contributed by atoms with Crippen molar-refractivity contribution in [2.75, 3.05) is 25.4 Å². The predicted molar refractivity (Wildman–Crippen MR) is 66.5 cm³/mol. The summed E-state index contributed by atoms with van der Waals surface area (Å²) in [7, 11) is 0. The zero-order valence-corrected chi connectivity index (χ0v) is 9.63. The maximum Gasteiger partial charge on any atom is 0.124 e. The van der Waals surface area contributed by atoms with Crippen LogP contribution in [0.1, 0.15) is 5.82 Å². The monoisotopic (exact) mass is 232 g/mol. The molecule has 0 saturated heterocycles. The second kappa shape index (κ2) is 4.01. The van der Waals surface area contributed by atoms with Crippen molar-refractivity contribution in [2.24, 2.45) is 0 Å². The van der Waals surface area contributed by atoms with Crippen molar-refractivity contribution < 1.29 is 5.11 Å². The Morgan fingerprint density at radius 1 is 1.35 bits per heavy atom. The van der Waals surface area contributed by atoms with Crippen molar-refractivity contribution >= 4 is 16.7 Å². The SMILES string of the molecule is Nc1ccc2c(c1)nc1n2CCN(CCO)C1. The molecule has 17 heavy (non-hydrogen) atoms. The minimum atomic E-state index is 0.202. The highest BCUT2D eigenvalue weighted by atomic mass is 16.3. The second-order valence-electron chi connectivity index (χ2n) is 4.43. The van der Waals surface area contributed by atoms with Gasteiger partial charge in [0.05, 0.1) is 24.2 Å². The number of benzene rings is 1. The highest BCUT2D eigenvalue weighted by molar-refractivity contribution is 5.79. The number of aliphatic hydroxyl groups excluding tert-OH is 1. The van der Waals surface area contributed by atoms with Gasteiger partial charge in [0, 0.05) is 25.3 Å². The van der Waals surface area contributed by atoms with E-state index in [0.29, 0.717) is 6.54 Å². The van der Waals surface area contributed by atoms with E-state index in [-0.39, 0.29) is 6.61 Å². The van der Waals surface area contributed by atoms with Gasteiger partial charge in [0.15, 0.2) is 0 Å². The standard InChI is InChI=1S/C12H16N4O/c13-9-1-2-11-10(7-9)14-12-8-15(5-6-17)3-4-16(11)12/h1-2,7,17H,3-6,8,13H2. The lowest BCUT2D eigenvalue weighted by atomic mass is 10.3. The zero-order valence-electron chi connectivity index (χ0n) is 9.63. The van der Waals surface area contributed by atoms with Crippen LogP contribution in [0.15, 0.2) is 18.2 Å². The van der Waals surface area contributed by atoms with E-state index >= 15 is 0 Å². The lowest BCUT2D eigenvalue weighted by Crippen LogP contribution is -2.35. The number of hydrogen-bond acceptors (Lipinski definition) is 4. The van der Waals surface area contributed by atoms with E-state index in [1.807, 2.05) is 18.2 Å². The third-order valence-electron chi connectivity index (χ3n) is 3.27. The number of β-amino-alcohol motifs (C(OH)–C–C–N with tert-alkyl or cyclic N) is 1. The molecule has 2 heterocycles. The van der Waals surface area contributed by atoms with Crippen LogP contribution in [0.4, 0.5) is 5.69 Å². The fourth-order valence-corrected chi connectivity index (χ4v) is 2.42. The number of nitrogen functional groups attached to an aromatic ring is 1. The van der Waals surface area contributed by atoms with Crippen LogP contribution >= 0.6 is 0 Å². The van der Waals surface area contributed by atoms with Gasteiger partial charge in [-0.3, -0.25) is 4.90 Å². The molecule has 3 N–H and O–H groups in total. The number of aromatic nitrogens is 2. The van der Waals surface area contributed by atoms with Gasteiger partial charge in [-0.15, -0.1) is 0 Å². The van der Waals surface area contributed by atoms with Crippen molar-refractivity contribution in [1.29, 1.82) is 0 Å². The molecule has 3 rings (SSSR count). The maximum absolute atomic E-state index is 8.96. The first-order chi connectivity index (χ1) is 8.28. The van der Waals surface area contributed by atoms with Crippen LogP contribution < -0.4 is 5.73 Å². The molecule has 0 radical (unpaired) electrons. The minimum Gasteiger partial charge on any atom is -0.399 e. The van der Waals surface area contributed by atoms with Crippen LogP contribution in [0.5, 0.6) is 0 Å². The topological polar surface area (TPSA) is 67.3 Å². The van der Waals surface area contributed by atoms with Gasteiger partial charge < -0.3 is 15.4 Å². The Bertz CT molecular complexity index is 549. The van der Waals surface area contributed by atoms with E-state index in [9.17, 15) is 0 Å². The summed E-state index contributed by atoms with van der Waals surface area (Å²) in [6.45, 7) is 3.60. The summed E-state index contributed by atoms with van der Waals surface area (Å²) in [5.41, 5.74) is 8.63. The third-order valence-corrected chi connectivity index (χ3v) is 3.27. The first-order valence-corrected chi connectivity index (χ1v) is 5.86. The van der Waals surface area contributed by atoms with E-state index in [1.165, 1.54) is 0 Å². The fraction of sp³-hybridized carbons (Fsp3) is 0.417. The molecule has 5 nitrogen and oxygen atoms in total. The molecule has 1 aromatic carbocycles. The number of rotatable bonds is 2. The largest absolute Gasteiger partial charge is 0.399 e. The van der Waals surface area contributed by atoms with Crippen LogP contribution in [-0.4, -0.2) is 39.3 Å². The van der Waals surface area contributed by atoms with E-state index in [0.717, 1.165) is 42.2 Å². The molecular weight excluding hydrogens is 216 g/mol. The molecule has 0 atom stereocenters. The zero-order chi connectivity index (χ0) is 11.8. The molecule has 0 unspecified atom stereocenters. The van der Waals surface area contributed by atoms with Gasteiger partial charge in [-0.2, -0.15) is 0 Å². The third kappa shape index (κ3) is 1.77. The molecule has 1 aliphatic heterocycles. The average Bonchev–Trinajstić information content (AvgIpc) is 2.65. The molecule has 0 fully saturated rings. The number of hydrogen-bond donors (Lipinski definition) is 2. The van der Waals surface area contributed by atoms with Crippen molar-refractivity contribution in [3.63, 3.8) is 0 Å². The van der Waals surface area contributed by atoms with E-state index in [2.05, 4.69) is 14.5 Å². The Kier molecular flexibility index (Phi) is 2.49. The van der Waals surface area contributed by atoms with Gasteiger partial charge in [0.25, 0.3) is 0 Å². The van der Waals surface area contributed by atoms with Gasteiger partial charge in [-0.25, -0.2) is 4.98 Å². The Hall–Kier alpha value is -1.59. The van der Waals surface area contributed by atoms with Crippen molar-refractivity contribution in [3.8, 4) is 0 Å². The minimum absolute atomic E-state index is 0.202. The molecule has 0 spiro atoms. The number of imidazole rings is 1. The Morgan fingerprint density at radius 2 is 2.24 bits per heavy atom. The fourth-order valence-electron chi connectivity index (χ4n) is 2.42. The summed E-state index contributed by atoms with van der Waals surface area (Å²) in [6.07, 6.45) is 0. The molecule has 1 aliphatic rings. The maximum atomic E-state index is 8.96. The smallest absolute Gasteiger partial charge is 0.124 e. The highest BCUT2D eigenvalue weighted by Gasteiger charge is 2.19. The number of aliphatic hydroxyl groups is 1. The van der Waals surface area contributed by atoms with Gasteiger partial charge in [-0.1, -0.05) is 0 Å². The number of nitrogens with zero attached hydrogens (tertiary/aromatic N) is 3. The molecule has 90 valence electrons. The van der Waals surface area contributed by atoms with E-state index in [4.69, 9.17) is 10.8 Å². The summed E-state index contributed by atoms with van der Waals surface area (Å²) in [5, 5.41) is 8.96. The van der Waals surface area contributed by atoms with E-state index in [1.54, 1.807) is 0 Å². The molecule has 0 aliphatic carbocycles. The number of nitrogens with two attached hydrogens (primary N) is 1. The molecule has 1 aromatic heterocycles. The molecular formula is C12H16N4O. The predicted octanol–water partition coefficient (Wildman–Crippen LogP) is 0.426. The molecule has 0 bridgehead atoms. The van der Waals surface area contributed by atoms with Gasteiger partial charge in [0.1, 0.15) is 5.82 Å². The first-order valence-electron chi connectivity index (χ1n) is 5.86. The van der Waals surface area contributed by atoms with Gasteiger partial charge in [0.2, 0.25) is 0 Å². The average molecular weight is 232 g/mol. The molecule has 0 amide bonds. The molecule has 2 aromatic rings. The second-order valence-corrected chi connectivity index (χ2v) is 4.43. The highest BCUT2D eigenvalue weighted by Crippen LogP contribution is 2.22. The Morgan fingerprint density at radius 3 is 3.06 bits per heavy atom. The van der Waals surface area contributed by atoms with Crippen LogP contribution in [0.25, 0.3) is 11.0 Å². The molecule has 5 heteroatoms. The van der Waals surface area contributed by atoms with Gasteiger partial charge >= 0.3 is 0 Å². The van der Waals surface area contributed by atoms with Crippen LogP contribution in [0, 0.1) is 0 Å². The van der Waals surface area contributed by atoms with Crippen LogP contribution in [0.3, 0.4) is 0 Å². The van der Waals surface area contributed by atoms with Gasteiger partial charge in [-0.05, 0) is 18.2 Å². The summed E-state index contributed by atoms with van der Waals surface area (Å²) >= 11 is 0. The van der Waals surface area contributed by atoms with Crippen molar-refractivity contribution in [1.82, 2.24) is 14.5 Å². The van der Waals surface area contributed by atoms with Crippen molar-refractivity contribution in [3.05, 3.63) is 24.0 Å². The van der Waals surface area contributed by atoms with E-state index < -0.39 is 0 Å². The Labute approximate surface area is 99.5 Å². The van der Waals surface area contributed by atoms with Crippen LogP contribution in [0.2, 0.25) is 0 Å². The Balaban J connectivity index is 2.01. The number of fused-ring (bicyclic) bond motifs is 3. The lowest BCUT2D eigenvalue weighted by molar-refractivity contribution is 0.166. The summed E-state index contributed by atoms with van der Waals surface area (Å²) in [6, 6.07) is 5.86. The normalized spacial score (nSPS) is 16.3. The summed E-state index contributed by atoms with van der Waals surface area (Å²) < 4.78 is 2.24. The quantitative estimate of drug-likeness (QED) is 0.737. The van der Waals surface area contributed by atoms with Crippen LogP contribution in [-0.2, 0) is 13.1 Å².